The van der Waals surface area contributed by atoms with Crippen molar-refractivity contribution in [2.24, 2.45) is 0 Å². The fourth-order valence-electron chi connectivity index (χ4n) is 1.15. The first kappa shape index (κ1) is 11.7. The molecular weight excluding hydrogens is 192 g/mol. The van der Waals surface area contributed by atoms with Crippen LogP contribution in [0.1, 0.15) is 17.3 Å². The lowest BCUT2D eigenvalue weighted by atomic mass is 10.3. The number of anilines is 1. The Morgan fingerprint density at radius 3 is 2.87 bits per heavy atom. The van der Waals surface area contributed by atoms with E-state index in [9.17, 15) is 4.79 Å². The predicted molar refractivity (Wildman–Crippen MR) is 59.4 cm³/mol. The van der Waals surface area contributed by atoms with Crippen LogP contribution in [0.25, 0.3) is 0 Å². The van der Waals surface area contributed by atoms with E-state index in [0.29, 0.717) is 12.2 Å². The summed E-state index contributed by atoms with van der Waals surface area (Å²) in [5.74, 6) is 0.848. The van der Waals surface area contributed by atoms with Crippen LogP contribution >= 0.6 is 0 Å². The van der Waals surface area contributed by atoms with Gasteiger partial charge in [0.2, 0.25) is 0 Å². The summed E-state index contributed by atoms with van der Waals surface area (Å²) in [6, 6.07) is 3.59. The number of rotatable bonds is 6. The molecule has 1 aromatic heterocycles. The summed E-state index contributed by atoms with van der Waals surface area (Å²) < 4.78 is 5.24. The molecule has 0 spiro atoms. The van der Waals surface area contributed by atoms with Gasteiger partial charge in [-0.3, -0.25) is 4.79 Å². The number of hydrogen-bond donors (Lipinski definition) is 0. The highest BCUT2D eigenvalue weighted by Crippen LogP contribution is 2.07. The minimum absolute atomic E-state index is 0.594. The van der Waals surface area contributed by atoms with Crippen LogP contribution in [-0.4, -0.2) is 38.1 Å². The molecule has 4 nitrogen and oxygen atoms in total. The number of ether oxygens (including phenoxy) is 1. The third-order valence-corrected chi connectivity index (χ3v) is 2.07. The van der Waals surface area contributed by atoms with Crippen LogP contribution in [0.2, 0.25) is 0 Å². The molecule has 0 atom stereocenters. The van der Waals surface area contributed by atoms with E-state index in [1.165, 1.54) is 0 Å². The van der Waals surface area contributed by atoms with Crippen LogP contribution in [-0.2, 0) is 4.74 Å². The average Bonchev–Trinajstić information content (AvgIpc) is 2.29. The lowest BCUT2D eigenvalue weighted by Gasteiger charge is -2.17. The van der Waals surface area contributed by atoms with E-state index in [2.05, 4.69) is 4.98 Å². The van der Waals surface area contributed by atoms with Gasteiger partial charge in [-0.05, 0) is 19.1 Å². The van der Waals surface area contributed by atoms with Gasteiger partial charge in [0.05, 0.1) is 6.61 Å². The molecule has 15 heavy (non-hydrogen) atoms. The molecule has 0 aliphatic carbocycles. The highest BCUT2D eigenvalue weighted by Gasteiger charge is 2.01. The molecule has 0 aromatic carbocycles. The summed E-state index contributed by atoms with van der Waals surface area (Å²) >= 11 is 0. The van der Waals surface area contributed by atoms with Crippen LogP contribution in [0.3, 0.4) is 0 Å². The first-order valence-corrected chi connectivity index (χ1v) is 4.98. The van der Waals surface area contributed by atoms with Crippen LogP contribution in [0.4, 0.5) is 5.82 Å². The molecule has 0 fully saturated rings. The third kappa shape index (κ3) is 3.67. The zero-order valence-corrected chi connectivity index (χ0v) is 9.14. The van der Waals surface area contributed by atoms with E-state index in [1.807, 2.05) is 24.9 Å². The van der Waals surface area contributed by atoms with Gasteiger partial charge in [0.1, 0.15) is 5.82 Å². The first-order valence-electron chi connectivity index (χ1n) is 4.98. The van der Waals surface area contributed by atoms with E-state index in [1.54, 1.807) is 12.3 Å². The fraction of sp³-hybridized carbons (Fsp3) is 0.455. The second-order valence-corrected chi connectivity index (χ2v) is 3.19. The summed E-state index contributed by atoms with van der Waals surface area (Å²) in [6.45, 7) is 4.17. The van der Waals surface area contributed by atoms with Crippen LogP contribution in [0.5, 0.6) is 0 Å². The van der Waals surface area contributed by atoms with Gasteiger partial charge in [-0.2, -0.15) is 0 Å². The second-order valence-electron chi connectivity index (χ2n) is 3.19. The van der Waals surface area contributed by atoms with Gasteiger partial charge in [0.15, 0.2) is 6.29 Å². The number of pyridine rings is 1. The number of hydrogen-bond acceptors (Lipinski definition) is 4. The van der Waals surface area contributed by atoms with Gasteiger partial charge in [-0.25, -0.2) is 4.98 Å². The lowest BCUT2D eigenvalue weighted by Crippen LogP contribution is -2.23. The maximum Gasteiger partial charge on any atom is 0.151 e. The third-order valence-electron chi connectivity index (χ3n) is 2.07. The molecule has 0 radical (unpaired) electrons. The minimum Gasteiger partial charge on any atom is -0.380 e. The van der Waals surface area contributed by atoms with Gasteiger partial charge in [0, 0.05) is 32.0 Å². The summed E-state index contributed by atoms with van der Waals surface area (Å²) in [5, 5.41) is 0. The van der Waals surface area contributed by atoms with Crippen molar-refractivity contribution in [3.05, 3.63) is 23.9 Å². The standard InChI is InChI=1S/C11H16N2O2/c1-3-15-7-6-13(2)11-5-4-10(9-14)8-12-11/h4-5,8-9H,3,6-7H2,1-2H3. The van der Waals surface area contributed by atoms with Crippen molar-refractivity contribution >= 4 is 12.1 Å². The summed E-state index contributed by atoms with van der Waals surface area (Å²) in [4.78, 5) is 16.6. The van der Waals surface area contributed by atoms with Crippen molar-refractivity contribution in [1.82, 2.24) is 4.98 Å². The number of aromatic nitrogens is 1. The summed E-state index contributed by atoms with van der Waals surface area (Å²) in [5.41, 5.74) is 0.594. The van der Waals surface area contributed by atoms with Gasteiger partial charge < -0.3 is 9.64 Å². The molecule has 0 amide bonds. The van der Waals surface area contributed by atoms with Crippen LogP contribution < -0.4 is 4.90 Å². The Morgan fingerprint density at radius 1 is 1.53 bits per heavy atom. The molecule has 0 aliphatic heterocycles. The van der Waals surface area contributed by atoms with E-state index >= 15 is 0 Å². The topological polar surface area (TPSA) is 42.4 Å². The van der Waals surface area contributed by atoms with E-state index in [0.717, 1.165) is 25.3 Å². The molecule has 1 rings (SSSR count). The normalized spacial score (nSPS) is 10.0. The zero-order valence-electron chi connectivity index (χ0n) is 9.14. The molecule has 1 heterocycles. The Bertz CT molecular complexity index is 298. The van der Waals surface area contributed by atoms with E-state index < -0.39 is 0 Å². The molecule has 0 bridgehead atoms. The van der Waals surface area contributed by atoms with Gasteiger partial charge in [0.25, 0.3) is 0 Å². The number of aldehydes is 1. The number of likely N-dealkylation sites (N-methyl/N-ethyl adjacent to an activating group) is 1. The molecule has 82 valence electrons. The summed E-state index contributed by atoms with van der Waals surface area (Å²) in [7, 11) is 1.95. The fourth-order valence-corrected chi connectivity index (χ4v) is 1.15. The second kappa shape index (κ2) is 6.14. The molecule has 1 aromatic rings. The Labute approximate surface area is 89.9 Å². The Hall–Kier alpha value is -1.42. The Kier molecular flexibility index (Phi) is 4.77. The Morgan fingerprint density at radius 2 is 2.33 bits per heavy atom. The van der Waals surface area contributed by atoms with Gasteiger partial charge in [-0.1, -0.05) is 0 Å². The van der Waals surface area contributed by atoms with Crippen molar-refractivity contribution in [1.29, 1.82) is 0 Å². The maximum atomic E-state index is 10.4. The van der Waals surface area contributed by atoms with Crippen molar-refractivity contribution < 1.29 is 9.53 Å². The van der Waals surface area contributed by atoms with Crippen molar-refractivity contribution in [2.45, 2.75) is 6.92 Å². The lowest BCUT2D eigenvalue weighted by molar-refractivity contribution is 0.112. The molecule has 0 unspecified atom stereocenters. The smallest absolute Gasteiger partial charge is 0.151 e. The van der Waals surface area contributed by atoms with E-state index in [-0.39, 0.29) is 0 Å². The highest BCUT2D eigenvalue weighted by atomic mass is 16.5. The Balaban J connectivity index is 2.50. The van der Waals surface area contributed by atoms with Crippen molar-refractivity contribution in [2.75, 3.05) is 31.7 Å². The average molecular weight is 208 g/mol. The molecule has 4 heteroatoms. The molecule has 0 saturated carbocycles. The molecular formula is C11H16N2O2. The highest BCUT2D eigenvalue weighted by molar-refractivity contribution is 5.74. The SMILES string of the molecule is CCOCCN(C)c1ccc(C=O)cn1. The van der Waals surface area contributed by atoms with Crippen molar-refractivity contribution in [3.8, 4) is 0 Å². The maximum absolute atomic E-state index is 10.4. The minimum atomic E-state index is 0.594. The number of carbonyl (C=O) groups is 1. The van der Waals surface area contributed by atoms with Gasteiger partial charge >= 0.3 is 0 Å². The molecule has 0 aliphatic rings. The zero-order chi connectivity index (χ0) is 11.1. The van der Waals surface area contributed by atoms with Crippen LogP contribution in [0.15, 0.2) is 18.3 Å². The first-order chi connectivity index (χ1) is 7.27. The monoisotopic (exact) mass is 208 g/mol. The molecule has 0 saturated heterocycles. The van der Waals surface area contributed by atoms with Crippen LogP contribution in [0, 0.1) is 0 Å². The van der Waals surface area contributed by atoms with Crippen molar-refractivity contribution in [3.63, 3.8) is 0 Å². The predicted octanol–water partition coefficient (Wildman–Crippen LogP) is 1.37. The largest absolute Gasteiger partial charge is 0.380 e. The van der Waals surface area contributed by atoms with Gasteiger partial charge in [-0.15, -0.1) is 0 Å². The molecule has 0 N–H and O–H groups in total. The quantitative estimate of drug-likeness (QED) is 0.523. The number of carbonyl (C=O) groups excluding carboxylic acids is 1. The van der Waals surface area contributed by atoms with E-state index in [4.69, 9.17) is 4.74 Å². The number of nitrogens with zero attached hydrogens (tertiary/aromatic N) is 2. The summed E-state index contributed by atoms with van der Waals surface area (Å²) in [6.07, 6.45) is 2.36.